The number of nitrogens with two attached hydrogens (primary N) is 1. The minimum absolute atomic E-state index is 0. The average Bonchev–Trinajstić information content (AvgIpc) is 3.15. The molecule has 0 radical (unpaired) electrons. The van der Waals surface area contributed by atoms with Crippen molar-refractivity contribution in [2.75, 3.05) is 4.90 Å². The fraction of sp³-hybridized carbons (Fsp3) is 0.211. The Labute approximate surface area is 162 Å². The van der Waals surface area contributed by atoms with Gasteiger partial charge in [0.25, 0.3) is 5.91 Å². The first-order valence-corrected chi connectivity index (χ1v) is 8.98. The third-order valence-electron chi connectivity index (χ3n) is 4.12. The second-order valence-corrected chi connectivity index (χ2v) is 7.34. The molecule has 1 aliphatic rings. The number of rotatable bonds is 3. The minimum Gasteiger partial charge on any atom is -0.383 e. The van der Waals surface area contributed by atoms with Gasteiger partial charge < -0.3 is 5.73 Å². The number of hydrogen-bond acceptors (Lipinski definition) is 4. The van der Waals surface area contributed by atoms with Crippen LogP contribution >= 0.6 is 23.7 Å². The molecule has 2 aromatic carbocycles. The van der Waals surface area contributed by atoms with E-state index >= 15 is 0 Å². The Morgan fingerprint density at radius 1 is 1.27 bits per heavy atom. The molecule has 7 heteroatoms. The third kappa shape index (κ3) is 3.18. The molecule has 5 nitrogen and oxygen atoms in total. The molecule has 4 rings (SSSR count). The lowest BCUT2D eigenvalue weighted by molar-refractivity contribution is 0.0996. The van der Waals surface area contributed by atoms with Gasteiger partial charge in [-0.1, -0.05) is 29.5 Å². The summed E-state index contributed by atoms with van der Waals surface area (Å²) in [5.41, 5.74) is 9.61. The molecular formula is C19H19ClN4OS. The zero-order valence-electron chi connectivity index (χ0n) is 14.5. The summed E-state index contributed by atoms with van der Waals surface area (Å²) in [4.78, 5) is 23.4. The number of halogens is 1. The van der Waals surface area contributed by atoms with Gasteiger partial charge in [-0.15, -0.1) is 12.4 Å². The molecule has 0 unspecified atom stereocenters. The Bertz CT molecular complexity index is 1010. The van der Waals surface area contributed by atoms with Crippen LogP contribution in [0.15, 0.2) is 47.5 Å². The zero-order valence-corrected chi connectivity index (χ0v) is 16.1. The van der Waals surface area contributed by atoms with E-state index in [4.69, 9.17) is 5.73 Å². The van der Waals surface area contributed by atoms with Crippen molar-refractivity contribution in [1.29, 1.82) is 0 Å². The Balaban J connectivity index is 0.00000196. The van der Waals surface area contributed by atoms with Gasteiger partial charge in [0.1, 0.15) is 5.84 Å². The lowest BCUT2D eigenvalue weighted by Crippen LogP contribution is -2.22. The van der Waals surface area contributed by atoms with Crippen LogP contribution in [0.3, 0.4) is 0 Å². The molecule has 0 bridgehead atoms. The average molecular weight is 387 g/mol. The maximum Gasteiger partial charge on any atom is 0.260 e. The number of hydrogen-bond donors (Lipinski definition) is 1. The lowest BCUT2D eigenvalue weighted by atomic mass is 10.1. The maximum atomic E-state index is 12.6. The number of carbonyl (C=O) groups excluding carboxylic acids is 1. The lowest BCUT2D eigenvalue weighted by Gasteiger charge is -2.10. The van der Waals surface area contributed by atoms with Crippen LogP contribution in [-0.2, 0) is 6.54 Å². The normalized spacial score (nSPS) is 14.0. The number of aliphatic imine (C=N–C) groups is 1. The SMILES string of the molecule is CC(C)N=C(N)c1ccc2nc(N3Cc4ccccc4C3=O)sc2c1.Cl. The van der Waals surface area contributed by atoms with E-state index in [-0.39, 0.29) is 24.4 Å². The number of benzene rings is 2. The summed E-state index contributed by atoms with van der Waals surface area (Å²) in [6.45, 7) is 4.55. The summed E-state index contributed by atoms with van der Waals surface area (Å²) in [6.07, 6.45) is 0. The largest absolute Gasteiger partial charge is 0.383 e. The standard InChI is InChI=1S/C19H18N4OS.ClH/c1-11(2)21-17(20)12-7-8-15-16(9-12)25-19(22-15)23-10-13-5-3-4-6-14(13)18(23)24;/h3-9,11H,10H2,1-2H3,(H2,20,21);1H. The van der Waals surface area contributed by atoms with Crippen molar-refractivity contribution in [3.8, 4) is 0 Å². The van der Waals surface area contributed by atoms with E-state index in [1.165, 1.54) is 11.3 Å². The molecule has 0 saturated heterocycles. The van der Waals surface area contributed by atoms with Crippen molar-refractivity contribution >= 4 is 50.8 Å². The van der Waals surface area contributed by atoms with Gasteiger partial charge in [-0.3, -0.25) is 14.7 Å². The van der Waals surface area contributed by atoms with E-state index < -0.39 is 0 Å². The van der Waals surface area contributed by atoms with Crippen LogP contribution in [0.2, 0.25) is 0 Å². The molecule has 0 aliphatic carbocycles. The molecule has 0 saturated carbocycles. The van der Waals surface area contributed by atoms with Crippen molar-refractivity contribution in [3.05, 3.63) is 59.2 Å². The number of anilines is 1. The molecule has 0 fully saturated rings. The van der Waals surface area contributed by atoms with Crippen LogP contribution in [-0.4, -0.2) is 22.8 Å². The molecule has 3 aromatic rings. The number of nitrogens with zero attached hydrogens (tertiary/aromatic N) is 3. The topological polar surface area (TPSA) is 71.6 Å². The molecule has 0 spiro atoms. The molecule has 134 valence electrons. The summed E-state index contributed by atoms with van der Waals surface area (Å²) in [5.74, 6) is 0.535. The van der Waals surface area contributed by atoms with Crippen LogP contribution in [0.4, 0.5) is 5.13 Å². The zero-order chi connectivity index (χ0) is 17.6. The predicted molar refractivity (Wildman–Crippen MR) is 110 cm³/mol. The highest BCUT2D eigenvalue weighted by molar-refractivity contribution is 7.22. The van der Waals surface area contributed by atoms with Crippen molar-refractivity contribution < 1.29 is 4.79 Å². The smallest absolute Gasteiger partial charge is 0.260 e. The molecule has 0 atom stereocenters. The Hall–Kier alpha value is -2.44. The summed E-state index contributed by atoms with van der Waals surface area (Å²) >= 11 is 1.50. The minimum atomic E-state index is 0. The van der Waals surface area contributed by atoms with E-state index in [2.05, 4.69) is 9.98 Å². The molecule has 1 amide bonds. The summed E-state index contributed by atoms with van der Waals surface area (Å²) in [5, 5.41) is 0.715. The number of fused-ring (bicyclic) bond motifs is 2. The summed E-state index contributed by atoms with van der Waals surface area (Å²) in [7, 11) is 0. The van der Waals surface area contributed by atoms with Gasteiger partial charge in [0.15, 0.2) is 5.13 Å². The van der Waals surface area contributed by atoms with Gasteiger partial charge in [-0.05, 0) is 43.7 Å². The highest BCUT2D eigenvalue weighted by Gasteiger charge is 2.30. The van der Waals surface area contributed by atoms with E-state index in [1.54, 1.807) is 4.90 Å². The van der Waals surface area contributed by atoms with Crippen molar-refractivity contribution in [2.45, 2.75) is 26.4 Å². The van der Waals surface area contributed by atoms with Gasteiger partial charge in [-0.2, -0.15) is 0 Å². The predicted octanol–water partition coefficient (Wildman–Crippen LogP) is 3.99. The van der Waals surface area contributed by atoms with Crippen LogP contribution < -0.4 is 10.6 Å². The quantitative estimate of drug-likeness (QED) is 0.546. The first kappa shape index (κ1) is 18.4. The summed E-state index contributed by atoms with van der Waals surface area (Å²) < 4.78 is 0.998. The summed E-state index contributed by atoms with van der Waals surface area (Å²) in [6, 6.07) is 13.7. The van der Waals surface area contributed by atoms with Crippen LogP contribution in [0.25, 0.3) is 10.2 Å². The van der Waals surface area contributed by atoms with E-state index in [9.17, 15) is 4.79 Å². The second kappa shape index (κ2) is 7.05. The Morgan fingerprint density at radius 2 is 2.04 bits per heavy atom. The highest BCUT2D eigenvalue weighted by atomic mass is 35.5. The van der Waals surface area contributed by atoms with Crippen molar-refractivity contribution in [3.63, 3.8) is 0 Å². The molecule has 2 heterocycles. The van der Waals surface area contributed by atoms with Crippen molar-refractivity contribution in [2.24, 2.45) is 10.7 Å². The first-order chi connectivity index (χ1) is 12.0. The van der Waals surface area contributed by atoms with Gasteiger partial charge in [0.05, 0.1) is 16.8 Å². The monoisotopic (exact) mass is 386 g/mol. The maximum absolute atomic E-state index is 12.6. The van der Waals surface area contributed by atoms with E-state index in [0.717, 1.165) is 26.9 Å². The Kier molecular flexibility index (Phi) is 4.98. The number of carbonyl (C=O) groups is 1. The number of amides is 1. The fourth-order valence-electron chi connectivity index (χ4n) is 2.95. The number of thiazole rings is 1. The fourth-order valence-corrected chi connectivity index (χ4v) is 3.95. The molecule has 1 aliphatic heterocycles. The van der Waals surface area contributed by atoms with Crippen LogP contribution in [0.1, 0.15) is 35.3 Å². The van der Waals surface area contributed by atoms with Crippen molar-refractivity contribution in [1.82, 2.24) is 4.98 Å². The number of aromatic nitrogens is 1. The second-order valence-electron chi connectivity index (χ2n) is 6.34. The van der Waals surface area contributed by atoms with Gasteiger partial charge in [0, 0.05) is 17.2 Å². The third-order valence-corrected chi connectivity index (χ3v) is 5.16. The number of amidine groups is 1. The molecule has 1 aromatic heterocycles. The van der Waals surface area contributed by atoms with Gasteiger partial charge in [0.2, 0.25) is 0 Å². The van der Waals surface area contributed by atoms with E-state index in [0.29, 0.717) is 17.5 Å². The highest BCUT2D eigenvalue weighted by Crippen LogP contribution is 2.34. The van der Waals surface area contributed by atoms with E-state index in [1.807, 2.05) is 56.3 Å². The molecule has 26 heavy (non-hydrogen) atoms. The first-order valence-electron chi connectivity index (χ1n) is 8.17. The molecular weight excluding hydrogens is 368 g/mol. The van der Waals surface area contributed by atoms with Gasteiger partial charge >= 0.3 is 0 Å². The van der Waals surface area contributed by atoms with Crippen LogP contribution in [0, 0.1) is 0 Å². The van der Waals surface area contributed by atoms with Gasteiger partial charge in [-0.25, -0.2) is 4.98 Å². The Morgan fingerprint density at radius 3 is 2.77 bits per heavy atom. The van der Waals surface area contributed by atoms with Crippen LogP contribution in [0.5, 0.6) is 0 Å². The molecule has 2 N–H and O–H groups in total.